The quantitative estimate of drug-likeness (QED) is 0.445. The molecule has 0 radical (unpaired) electrons. The zero-order valence-electron chi connectivity index (χ0n) is 14.3. The first-order valence-electron chi connectivity index (χ1n) is 8.30. The second-order valence-corrected chi connectivity index (χ2v) is 7.76. The van der Waals surface area contributed by atoms with Crippen LogP contribution < -0.4 is 0 Å². The van der Waals surface area contributed by atoms with E-state index in [1.54, 1.807) is 17.8 Å². The van der Waals surface area contributed by atoms with Crippen LogP contribution in [0.25, 0.3) is 0 Å². The predicted octanol–water partition coefficient (Wildman–Crippen LogP) is 4.02. The number of carbonyl (C=O) groups excluding carboxylic acids is 1. The minimum atomic E-state index is -0.586. The van der Waals surface area contributed by atoms with Gasteiger partial charge in [-0.2, -0.15) is 0 Å². The van der Waals surface area contributed by atoms with Crippen LogP contribution in [0.1, 0.15) is 27.7 Å². The molecule has 0 N–H and O–H groups in total. The molecule has 3 heterocycles. The summed E-state index contributed by atoms with van der Waals surface area (Å²) in [6.07, 6.45) is 5.12. The molecule has 140 valence electrons. The molecule has 1 aliphatic heterocycles. The smallest absolute Gasteiger partial charge is 0.237 e. The van der Waals surface area contributed by atoms with Crippen LogP contribution in [0.2, 0.25) is 0 Å². The van der Waals surface area contributed by atoms with Crippen LogP contribution in [0.4, 0.5) is 8.78 Å². The zero-order valence-corrected chi connectivity index (χ0v) is 16.7. The number of nitrogens with zero attached hydrogens (tertiary/aromatic N) is 4. The summed E-state index contributed by atoms with van der Waals surface area (Å²) < 4.78 is 34.7. The lowest BCUT2D eigenvalue weighted by atomic mass is 9.95. The minimum absolute atomic E-state index is 0.0528. The third-order valence-electron chi connectivity index (χ3n) is 5.02. The third-order valence-corrected chi connectivity index (χ3v) is 6.13. The average Bonchev–Trinajstić information content (AvgIpc) is 3.35. The molecule has 2 aromatic heterocycles. The molecule has 9 heteroatoms. The van der Waals surface area contributed by atoms with E-state index in [1.807, 2.05) is 4.57 Å². The summed E-state index contributed by atoms with van der Waals surface area (Å²) in [5.74, 6) is -1.67. The number of aromatic nitrogens is 4. The molecule has 1 aliphatic rings. The van der Waals surface area contributed by atoms with Gasteiger partial charge in [0.2, 0.25) is 5.91 Å². The van der Waals surface area contributed by atoms with Gasteiger partial charge in [0.15, 0.2) is 4.77 Å². The highest BCUT2D eigenvalue weighted by Gasteiger charge is 2.33. The van der Waals surface area contributed by atoms with Crippen molar-refractivity contribution in [3.63, 3.8) is 0 Å². The zero-order chi connectivity index (χ0) is 19.3. The molecule has 1 unspecified atom stereocenters. The molecule has 27 heavy (non-hydrogen) atoms. The summed E-state index contributed by atoms with van der Waals surface area (Å²) in [6, 6.07) is 2.62. The Bertz CT molecular complexity index is 1100. The Morgan fingerprint density at radius 1 is 1.41 bits per heavy atom. The van der Waals surface area contributed by atoms with Crippen molar-refractivity contribution in [2.24, 2.45) is 7.05 Å². The fraction of sp³-hybridized carbons (Fsp3) is 0.278. The Hall–Kier alpha value is -2.13. The summed E-state index contributed by atoms with van der Waals surface area (Å²) in [6.45, 7) is 0.381. The van der Waals surface area contributed by atoms with Gasteiger partial charge in [0.05, 0.1) is 10.9 Å². The number of hydrogen-bond acceptors (Lipinski definition) is 3. The van der Waals surface area contributed by atoms with Gasteiger partial charge in [0.1, 0.15) is 18.0 Å². The van der Waals surface area contributed by atoms with Crippen LogP contribution >= 0.6 is 28.1 Å². The van der Waals surface area contributed by atoms with Crippen LogP contribution in [-0.4, -0.2) is 24.6 Å². The lowest BCUT2D eigenvalue weighted by molar-refractivity contribution is 0.0911. The normalized spacial score (nSPS) is 15.9. The molecule has 5 nitrogen and oxygen atoms in total. The number of fused-ring (bicyclic) bond motifs is 1. The highest BCUT2D eigenvalue weighted by molar-refractivity contribution is 9.10. The molecular weight excluding hydrogens is 438 g/mol. The van der Waals surface area contributed by atoms with Crippen LogP contribution in [0.15, 0.2) is 35.3 Å². The van der Waals surface area contributed by atoms with Crippen LogP contribution in [0.5, 0.6) is 0 Å². The van der Waals surface area contributed by atoms with Gasteiger partial charge in [-0.05, 0) is 46.7 Å². The maximum atomic E-state index is 14.5. The number of halogens is 3. The Labute approximate surface area is 167 Å². The minimum Gasteiger partial charge on any atom is -0.323 e. The molecule has 0 saturated carbocycles. The van der Waals surface area contributed by atoms with Gasteiger partial charge in [-0.15, -0.1) is 0 Å². The number of benzene rings is 1. The highest BCUT2D eigenvalue weighted by atomic mass is 79.9. The second kappa shape index (κ2) is 6.79. The largest absolute Gasteiger partial charge is 0.323 e. The van der Waals surface area contributed by atoms with Crippen molar-refractivity contribution in [1.82, 2.24) is 18.7 Å². The van der Waals surface area contributed by atoms with Gasteiger partial charge in [-0.1, -0.05) is 0 Å². The van der Waals surface area contributed by atoms with Crippen molar-refractivity contribution in [3.05, 3.63) is 68.7 Å². The van der Waals surface area contributed by atoms with Crippen molar-refractivity contribution in [3.8, 4) is 0 Å². The van der Waals surface area contributed by atoms with Gasteiger partial charge in [0, 0.05) is 48.9 Å². The molecule has 0 aliphatic carbocycles. The Kier molecular flexibility index (Phi) is 4.59. The SMILES string of the molecule is Cn1c(CC(=O)n2ccnc2)c2n(c1=S)CC(c1c(F)ccc(Br)c1F)C2. The summed E-state index contributed by atoms with van der Waals surface area (Å²) in [4.78, 5) is 16.4. The van der Waals surface area contributed by atoms with E-state index in [0.717, 1.165) is 11.4 Å². The standard InChI is InChI=1S/C18H15BrF2N4OS/c1-23-13(7-15(26)24-5-4-22-9-24)14-6-10(8-25(14)18(23)27)16-12(20)3-2-11(19)17(16)21/h2-5,9-10H,6-8H2,1H3. The molecule has 3 aromatic rings. The first-order chi connectivity index (χ1) is 12.9. The van der Waals surface area contributed by atoms with E-state index in [0.29, 0.717) is 17.7 Å². The molecule has 4 rings (SSSR count). The predicted molar refractivity (Wildman–Crippen MR) is 101 cm³/mol. The summed E-state index contributed by atoms with van der Waals surface area (Å²) in [7, 11) is 1.81. The first kappa shape index (κ1) is 18.2. The maximum absolute atomic E-state index is 14.5. The molecule has 0 amide bonds. The molecule has 0 fully saturated rings. The lowest BCUT2D eigenvalue weighted by Gasteiger charge is -2.14. The Morgan fingerprint density at radius 2 is 2.19 bits per heavy atom. The van der Waals surface area contributed by atoms with Gasteiger partial charge < -0.3 is 9.13 Å². The summed E-state index contributed by atoms with van der Waals surface area (Å²) in [5, 5.41) is 0. The second-order valence-electron chi connectivity index (χ2n) is 6.54. The molecule has 1 atom stereocenters. The fourth-order valence-corrected chi connectivity index (χ4v) is 4.31. The van der Waals surface area contributed by atoms with Crippen molar-refractivity contribution in [2.75, 3.05) is 0 Å². The lowest BCUT2D eigenvalue weighted by Crippen LogP contribution is -2.15. The topological polar surface area (TPSA) is 44.8 Å². The molecule has 1 aromatic carbocycles. The van der Waals surface area contributed by atoms with Crippen molar-refractivity contribution >= 4 is 34.1 Å². The number of imidazole rings is 2. The van der Waals surface area contributed by atoms with Crippen LogP contribution in [-0.2, 0) is 26.4 Å². The van der Waals surface area contributed by atoms with Crippen LogP contribution in [0.3, 0.4) is 0 Å². The highest BCUT2D eigenvalue weighted by Crippen LogP contribution is 2.37. The van der Waals surface area contributed by atoms with Gasteiger partial charge >= 0.3 is 0 Å². The van der Waals surface area contributed by atoms with E-state index in [-0.39, 0.29) is 28.3 Å². The number of rotatable bonds is 3. The maximum Gasteiger partial charge on any atom is 0.237 e. The van der Waals surface area contributed by atoms with Crippen molar-refractivity contribution in [2.45, 2.75) is 25.3 Å². The van der Waals surface area contributed by atoms with E-state index in [4.69, 9.17) is 12.2 Å². The first-order valence-corrected chi connectivity index (χ1v) is 9.50. The fourth-order valence-electron chi connectivity index (χ4n) is 3.67. The molecule has 0 bridgehead atoms. The van der Waals surface area contributed by atoms with E-state index in [9.17, 15) is 13.6 Å². The van der Waals surface area contributed by atoms with E-state index >= 15 is 0 Å². The monoisotopic (exact) mass is 452 g/mol. The average molecular weight is 453 g/mol. The van der Waals surface area contributed by atoms with E-state index in [2.05, 4.69) is 20.9 Å². The number of hydrogen-bond donors (Lipinski definition) is 0. The summed E-state index contributed by atoms with van der Waals surface area (Å²) >= 11 is 8.61. The van der Waals surface area contributed by atoms with Gasteiger partial charge in [-0.25, -0.2) is 13.8 Å². The van der Waals surface area contributed by atoms with Crippen molar-refractivity contribution < 1.29 is 13.6 Å². The Morgan fingerprint density at radius 3 is 2.89 bits per heavy atom. The van der Waals surface area contributed by atoms with Crippen molar-refractivity contribution in [1.29, 1.82) is 0 Å². The van der Waals surface area contributed by atoms with Gasteiger partial charge in [-0.3, -0.25) is 9.36 Å². The number of carbonyl (C=O) groups is 1. The third kappa shape index (κ3) is 2.98. The van der Waals surface area contributed by atoms with Crippen LogP contribution in [0, 0.1) is 16.4 Å². The molecule has 0 spiro atoms. The Balaban J connectivity index is 1.70. The molecular formula is C18H15BrF2N4OS. The summed E-state index contributed by atoms with van der Waals surface area (Å²) in [5.41, 5.74) is 1.66. The van der Waals surface area contributed by atoms with E-state index in [1.165, 1.54) is 29.2 Å². The van der Waals surface area contributed by atoms with E-state index < -0.39 is 11.6 Å². The van der Waals surface area contributed by atoms with Gasteiger partial charge in [0.25, 0.3) is 0 Å². The molecule has 0 saturated heterocycles.